The maximum absolute atomic E-state index is 9.74. The van der Waals surface area contributed by atoms with E-state index in [-0.39, 0.29) is 22.3 Å². The minimum atomic E-state index is -1.35. The molecule has 2 unspecified atom stereocenters. The van der Waals surface area contributed by atoms with Gasteiger partial charge in [-0.15, -0.1) is 0 Å². The molecule has 1 heterocycles. The summed E-state index contributed by atoms with van der Waals surface area (Å²) in [7, 11) is 0. The van der Waals surface area contributed by atoms with Crippen molar-refractivity contribution in [3.8, 4) is 0 Å². The molecule has 8 heteroatoms. The zero-order chi connectivity index (χ0) is 12.1. The molecule has 0 amide bonds. The van der Waals surface area contributed by atoms with Crippen LogP contribution >= 0.6 is 23.2 Å². The van der Waals surface area contributed by atoms with Crippen molar-refractivity contribution < 1.29 is 10.2 Å². The summed E-state index contributed by atoms with van der Waals surface area (Å²) in [5, 5.41) is 22.6. The normalized spacial score (nSPS) is 14.0. The van der Waals surface area contributed by atoms with Gasteiger partial charge in [0.25, 0.3) is 0 Å². The van der Waals surface area contributed by atoms with Crippen molar-refractivity contribution >= 4 is 23.2 Å². The molecule has 0 aromatic carbocycles. The molecule has 2 N–H and O–H groups in total. The second-order valence-corrected chi connectivity index (χ2v) is 3.69. The largest absolute Gasteiger partial charge is 0.390 e. The van der Waals surface area contributed by atoms with Gasteiger partial charge >= 0.3 is 0 Å². The van der Waals surface area contributed by atoms with E-state index in [9.17, 15) is 10.2 Å². The molecule has 1 aromatic heterocycles. The second-order valence-electron chi connectivity index (χ2n) is 2.92. The average molecular weight is 263 g/mol. The number of aliphatic hydroxyl groups excluding tert-OH is 2. The number of pyridine rings is 1. The lowest BCUT2D eigenvalue weighted by atomic mass is 10.1. The monoisotopic (exact) mass is 262 g/mol. The van der Waals surface area contributed by atoms with E-state index in [2.05, 4.69) is 15.0 Å². The Morgan fingerprint density at radius 1 is 1.50 bits per heavy atom. The van der Waals surface area contributed by atoms with Crippen molar-refractivity contribution in [2.24, 2.45) is 5.11 Å². The number of nitrogens with zero attached hydrogens (tertiary/aromatic N) is 4. The predicted molar refractivity (Wildman–Crippen MR) is 59.2 cm³/mol. The number of aromatic nitrogens is 1. The minimum absolute atomic E-state index is 0.0000118. The summed E-state index contributed by atoms with van der Waals surface area (Å²) < 4.78 is 0. The molecular formula is C8H8Cl2N4O2. The van der Waals surface area contributed by atoms with Gasteiger partial charge < -0.3 is 10.2 Å². The third-order valence-electron chi connectivity index (χ3n) is 1.88. The number of azide groups is 1. The van der Waals surface area contributed by atoms with Gasteiger partial charge in [0.05, 0.1) is 17.7 Å². The summed E-state index contributed by atoms with van der Waals surface area (Å²) in [6.07, 6.45) is -1.25. The first-order valence-electron chi connectivity index (χ1n) is 4.24. The first kappa shape index (κ1) is 13.0. The van der Waals surface area contributed by atoms with Crippen molar-refractivity contribution in [3.63, 3.8) is 0 Å². The van der Waals surface area contributed by atoms with Gasteiger partial charge in [0.2, 0.25) is 0 Å². The SMILES string of the molecule is [N-]=[N+]=NCC(O)C(O)c1c(Cl)ccnc1Cl. The molecule has 2 atom stereocenters. The number of rotatable bonds is 4. The van der Waals surface area contributed by atoms with E-state index >= 15 is 0 Å². The van der Waals surface area contributed by atoms with Crippen LogP contribution in [0.1, 0.15) is 11.7 Å². The topological polar surface area (TPSA) is 102 Å². The van der Waals surface area contributed by atoms with Crippen LogP contribution in [-0.2, 0) is 0 Å². The number of hydrogen-bond acceptors (Lipinski definition) is 4. The van der Waals surface area contributed by atoms with Crippen molar-refractivity contribution in [3.05, 3.63) is 38.4 Å². The fraction of sp³-hybridized carbons (Fsp3) is 0.375. The molecule has 0 aliphatic heterocycles. The number of aliphatic hydroxyl groups is 2. The highest BCUT2D eigenvalue weighted by molar-refractivity contribution is 6.35. The molecule has 86 valence electrons. The van der Waals surface area contributed by atoms with Crippen LogP contribution in [0.2, 0.25) is 10.2 Å². The maximum Gasteiger partial charge on any atom is 0.136 e. The lowest BCUT2D eigenvalue weighted by Crippen LogP contribution is -2.22. The fourth-order valence-electron chi connectivity index (χ4n) is 1.10. The van der Waals surface area contributed by atoms with E-state index in [0.717, 1.165) is 0 Å². The Balaban J connectivity index is 2.95. The molecule has 0 saturated heterocycles. The van der Waals surface area contributed by atoms with Crippen LogP contribution < -0.4 is 0 Å². The van der Waals surface area contributed by atoms with Crippen molar-refractivity contribution in [1.82, 2.24) is 4.98 Å². The highest BCUT2D eigenvalue weighted by Crippen LogP contribution is 2.30. The fourth-order valence-corrected chi connectivity index (χ4v) is 1.68. The molecule has 0 saturated carbocycles. The maximum atomic E-state index is 9.74. The van der Waals surface area contributed by atoms with Gasteiger partial charge in [0, 0.05) is 16.7 Å². The zero-order valence-corrected chi connectivity index (χ0v) is 9.47. The summed E-state index contributed by atoms with van der Waals surface area (Å²) in [6.45, 7) is -0.279. The Bertz CT molecular complexity index is 402. The molecule has 6 nitrogen and oxygen atoms in total. The summed E-state index contributed by atoms with van der Waals surface area (Å²) in [5.74, 6) is 0. The molecule has 0 spiro atoms. The van der Waals surface area contributed by atoms with Gasteiger partial charge in [-0.05, 0) is 11.6 Å². The van der Waals surface area contributed by atoms with Crippen molar-refractivity contribution in [1.29, 1.82) is 0 Å². The second kappa shape index (κ2) is 5.89. The molecule has 1 aromatic rings. The summed E-state index contributed by atoms with van der Waals surface area (Å²) in [6, 6.07) is 1.44. The van der Waals surface area contributed by atoms with Crippen LogP contribution in [0.3, 0.4) is 0 Å². The molecule has 1 rings (SSSR count). The smallest absolute Gasteiger partial charge is 0.136 e. The Morgan fingerprint density at radius 2 is 2.19 bits per heavy atom. The first-order chi connectivity index (χ1) is 7.57. The predicted octanol–water partition coefficient (Wildman–Crippen LogP) is 2.09. The van der Waals surface area contributed by atoms with Crippen LogP contribution in [0.25, 0.3) is 10.4 Å². The summed E-state index contributed by atoms with van der Waals surface area (Å²) >= 11 is 11.5. The number of hydrogen-bond donors (Lipinski definition) is 2. The Kier molecular flexibility index (Phi) is 4.79. The number of halogens is 2. The molecule has 0 radical (unpaired) electrons. The zero-order valence-electron chi connectivity index (χ0n) is 7.96. The van der Waals surface area contributed by atoms with E-state index in [4.69, 9.17) is 28.7 Å². The van der Waals surface area contributed by atoms with Gasteiger partial charge in [-0.1, -0.05) is 28.3 Å². The Labute approximate surface area is 101 Å². The van der Waals surface area contributed by atoms with Crippen LogP contribution in [0.4, 0.5) is 0 Å². The molecule has 16 heavy (non-hydrogen) atoms. The lowest BCUT2D eigenvalue weighted by Gasteiger charge is -2.17. The van der Waals surface area contributed by atoms with Crippen LogP contribution in [0.15, 0.2) is 17.4 Å². The van der Waals surface area contributed by atoms with E-state index < -0.39 is 12.2 Å². The highest BCUT2D eigenvalue weighted by Gasteiger charge is 2.23. The highest BCUT2D eigenvalue weighted by atomic mass is 35.5. The Hall–Kier alpha value is -1.04. The van der Waals surface area contributed by atoms with E-state index in [1.54, 1.807) is 0 Å². The standard InChI is InChI=1S/C8H8Cl2N4O2/c9-4-1-2-12-8(10)6(4)7(16)5(15)3-13-14-11/h1-2,5,7,15-16H,3H2. The quantitative estimate of drug-likeness (QED) is 0.376. The van der Waals surface area contributed by atoms with Gasteiger partial charge in [0.15, 0.2) is 0 Å². The molecule has 0 aliphatic rings. The van der Waals surface area contributed by atoms with E-state index in [0.29, 0.717) is 0 Å². The van der Waals surface area contributed by atoms with Gasteiger partial charge in [-0.25, -0.2) is 4.98 Å². The van der Waals surface area contributed by atoms with E-state index in [1.807, 2.05) is 0 Å². The van der Waals surface area contributed by atoms with Crippen LogP contribution in [0.5, 0.6) is 0 Å². The third kappa shape index (κ3) is 2.98. The molecule has 0 aliphatic carbocycles. The average Bonchev–Trinajstić information content (AvgIpc) is 2.25. The van der Waals surface area contributed by atoms with Crippen LogP contribution in [0, 0.1) is 0 Å². The summed E-state index contributed by atoms with van der Waals surface area (Å²) in [4.78, 5) is 6.20. The molecule has 0 bridgehead atoms. The van der Waals surface area contributed by atoms with Crippen molar-refractivity contribution in [2.75, 3.05) is 6.54 Å². The minimum Gasteiger partial charge on any atom is -0.390 e. The van der Waals surface area contributed by atoms with Crippen LogP contribution in [-0.4, -0.2) is 27.8 Å². The molecule has 0 fully saturated rings. The van der Waals surface area contributed by atoms with E-state index in [1.165, 1.54) is 12.3 Å². The lowest BCUT2D eigenvalue weighted by molar-refractivity contribution is 0.0243. The van der Waals surface area contributed by atoms with Crippen molar-refractivity contribution in [2.45, 2.75) is 12.2 Å². The third-order valence-corrected chi connectivity index (χ3v) is 2.51. The van der Waals surface area contributed by atoms with Gasteiger partial charge in [0.1, 0.15) is 11.3 Å². The first-order valence-corrected chi connectivity index (χ1v) is 5.00. The van der Waals surface area contributed by atoms with Gasteiger partial charge in [-0.2, -0.15) is 0 Å². The van der Waals surface area contributed by atoms with Gasteiger partial charge in [-0.3, -0.25) is 0 Å². The Morgan fingerprint density at radius 3 is 2.75 bits per heavy atom. The summed E-state index contributed by atoms with van der Waals surface area (Å²) in [5.41, 5.74) is 8.19. The molecular weight excluding hydrogens is 255 g/mol.